The fourth-order valence-electron chi connectivity index (χ4n) is 3.46. The summed E-state index contributed by atoms with van der Waals surface area (Å²) in [6, 6.07) is 7.69. The third-order valence-corrected chi connectivity index (χ3v) is 5.48. The third-order valence-electron chi connectivity index (χ3n) is 4.95. The van der Waals surface area contributed by atoms with Crippen molar-refractivity contribution in [3.63, 3.8) is 0 Å². The maximum Gasteiger partial charge on any atom is 0.306 e. The normalized spacial score (nSPS) is 19.2. The number of rotatable bonds is 5. The highest BCUT2D eigenvalue weighted by atomic mass is 79.9. The molecule has 3 rings (SSSR count). The summed E-state index contributed by atoms with van der Waals surface area (Å²) in [5.74, 6) is -2.70. The molecule has 0 saturated heterocycles. The van der Waals surface area contributed by atoms with E-state index in [2.05, 4.69) is 26.3 Å². The number of aliphatic carboxylic acids is 1. The van der Waals surface area contributed by atoms with Gasteiger partial charge in [-0.15, -0.1) is 0 Å². The van der Waals surface area contributed by atoms with Crippen LogP contribution in [-0.2, 0) is 4.79 Å². The molecular formula is C19H20BrN3O5. The van der Waals surface area contributed by atoms with Crippen LogP contribution in [-0.4, -0.2) is 38.4 Å². The van der Waals surface area contributed by atoms with E-state index in [4.69, 9.17) is 0 Å². The fraction of sp³-hybridized carbons (Fsp3) is 0.368. The molecule has 2 atom stereocenters. The number of hydrogen-bond acceptors (Lipinski definition) is 5. The minimum atomic E-state index is -0.858. The number of hydrogen-bond donors (Lipinski definition) is 3. The van der Waals surface area contributed by atoms with Crippen molar-refractivity contribution >= 4 is 27.8 Å². The van der Waals surface area contributed by atoms with Gasteiger partial charge in [0.05, 0.1) is 11.6 Å². The highest BCUT2D eigenvalue weighted by Crippen LogP contribution is 2.29. The second kappa shape index (κ2) is 8.55. The summed E-state index contributed by atoms with van der Waals surface area (Å²) < 4.78 is 1.85. The Bertz CT molecular complexity index is 942. The number of carboxylic acid groups (broad SMARTS) is 1. The monoisotopic (exact) mass is 449 g/mol. The van der Waals surface area contributed by atoms with Crippen molar-refractivity contribution in [1.82, 2.24) is 15.1 Å². The van der Waals surface area contributed by atoms with Crippen LogP contribution in [0.5, 0.6) is 5.75 Å². The Morgan fingerprint density at radius 1 is 1.21 bits per heavy atom. The number of benzene rings is 1. The molecule has 0 radical (unpaired) electrons. The predicted molar refractivity (Wildman–Crippen MR) is 105 cm³/mol. The summed E-state index contributed by atoms with van der Waals surface area (Å²) in [7, 11) is 0. The second-order valence-electron chi connectivity index (χ2n) is 6.80. The van der Waals surface area contributed by atoms with Crippen LogP contribution < -0.4 is 10.9 Å². The van der Waals surface area contributed by atoms with Crippen molar-refractivity contribution < 1.29 is 19.8 Å². The zero-order valence-corrected chi connectivity index (χ0v) is 16.6. The van der Waals surface area contributed by atoms with E-state index < -0.39 is 29.1 Å². The summed E-state index contributed by atoms with van der Waals surface area (Å²) >= 11 is 3.31. The van der Waals surface area contributed by atoms with E-state index in [0.717, 1.165) is 34.5 Å². The van der Waals surface area contributed by atoms with E-state index in [0.29, 0.717) is 12.1 Å². The highest BCUT2D eigenvalue weighted by Gasteiger charge is 2.31. The Balaban J connectivity index is 1.79. The standard InChI is InChI=1S/C19H20BrN3O5/c20-12-5-7-13(8-6-12)23-16(25)9-15(24)17(22-23)18(26)21-10-11-3-1-2-4-14(11)19(27)28/h5-9,11,14,24H,1-4,10H2,(H,21,26)(H,27,28)/t11-,14-/m0/s1. The summed E-state index contributed by atoms with van der Waals surface area (Å²) in [6.45, 7) is 0.175. The largest absolute Gasteiger partial charge is 0.505 e. The Kier molecular flexibility index (Phi) is 6.13. The zero-order chi connectivity index (χ0) is 20.3. The van der Waals surface area contributed by atoms with E-state index in [1.807, 2.05) is 0 Å². The van der Waals surface area contributed by atoms with Gasteiger partial charge in [0.2, 0.25) is 0 Å². The molecule has 28 heavy (non-hydrogen) atoms. The van der Waals surface area contributed by atoms with Gasteiger partial charge in [-0.25, -0.2) is 0 Å². The van der Waals surface area contributed by atoms with Gasteiger partial charge in [-0.2, -0.15) is 9.78 Å². The first kappa shape index (κ1) is 20.1. The lowest BCUT2D eigenvalue weighted by atomic mass is 9.79. The van der Waals surface area contributed by atoms with Crippen molar-refractivity contribution in [3.05, 3.63) is 50.9 Å². The minimum Gasteiger partial charge on any atom is -0.505 e. The number of nitrogens with zero attached hydrogens (tertiary/aromatic N) is 2. The van der Waals surface area contributed by atoms with Gasteiger partial charge in [0.25, 0.3) is 11.5 Å². The lowest BCUT2D eigenvalue weighted by Crippen LogP contribution is -2.38. The third kappa shape index (κ3) is 4.41. The SMILES string of the molecule is O=C(NC[C@@H]1CCCC[C@@H]1C(=O)O)c1nn(-c2ccc(Br)cc2)c(=O)cc1O. The van der Waals surface area contributed by atoms with Crippen LogP contribution in [0.3, 0.4) is 0 Å². The molecule has 1 aliphatic rings. The van der Waals surface area contributed by atoms with Crippen molar-refractivity contribution in [3.8, 4) is 11.4 Å². The molecule has 8 nitrogen and oxygen atoms in total. The molecule has 0 unspecified atom stereocenters. The van der Waals surface area contributed by atoms with E-state index in [-0.39, 0.29) is 18.2 Å². The summed E-state index contributed by atoms with van der Waals surface area (Å²) in [5, 5.41) is 26.0. The summed E-state index contributed by atoms with van der Waals surface area (Å²) in [4.78, 5) is 36.1. The maximum atomic E-state index is 12.5. The molecule has 3 N–H and O–H groups in total. The molecule has 1 fully saturated rings. The van der Waals surface area contributed by atoms with E-state index >= 15 is 0 Å². The molecule has 9 heteroatoms. The van der Waals surface area contributed by atoms with Gasteiger partial charge in [0.1, 0.15) is 0 Å². The number of carbonyl (C=O) groups is 2. The van der Waals surface area contributed by atoms with Gasteiger partial charge in [0, 0.05) is 17.1 Å². The molecule has 148 valence electrons. The first-order chi connectivity index (χ1) is 13.4. The number of carboxylic acids is 1. The van der Waals surface area contributed by atoms with Crippen LogP contribution in [0.4, 0.5) is 0 Å². The average Bonchev–Trinajstić information content (AvgIpc) is 2.67. The lowest BCUT2D eigenvalue weighted by molar-refractivity contribution is -0.144. The first-order valence-corrected chi connectivity index (χ1v) is 9.76. The molecule has 1 aromatic carbocycles. The molecule has 0 bridgehead atoms. The smallest absolute Gasteiger partial charge is 0.306 e. The van der Waals surface area contributed by atoms with Gasteiger partial charge in [-0.3, -0.25) is 14.4 Å². The average molecular weight is 450 g/mol. The van der Waals surface area contributed by atoms with E-state index in [9.17, 15) is 24.6 Å². The van der Waals surface area contributed by atoms with Gasteiger partial charge in [-0.1, -0.05) is 28.8 Å². The van der Waals surface area contributed by atoms with E-state index in [1.165, 1.54) is 0 Å². The van der Waals surface area contributed by atoms with E-state index in [1.54, 1.807) is 24.3 Å². The Hall–Kier alpha value is -2.68. The van der Waals surface area contributed by atoms with Crippen LogP contribution in [0.2, 0.25) is 0 Å². The first-order valence-electron chi connectivity index (χ1n) is 8.97. The van der Waals surface area contributed by atoms with Crippen molar-refractivity contribution in [2.75, 3.05) is 6.54 Å². The van der Waals surface area contributed by atoms with Gasteiger partial charge in [-0.05, 0) is 43.0 Å². The topological polar surface area (TPSA) is 122 Å². The second-order valence-corrected chi connectivity index (χ2v) is 7.72. The van der Waals surface area contributed by atoms with Gasteiger partial charge >= 0.3 is 5.97 Å². The van der Waals surface area contributed by atoms with Crippen LogP contribution in [0, 0.1) is 11.8 Å². The molecule has 1 aliphatic carbocycles. The molecule has 1 heterocycles. The number of halogens is 1. The number of aromatic nitrogens is 2. The van der Waals surface area contributed by atoms with Crippen LogP contribution >= 0.6 is 15.9 Å². The highest BCUT2D eigenvalue weighted by molar-refractivity contribution is 9.10. The van der Waals surface area contributed by atoms with Crippen LogP contribution in [0.25, 0.3) is 5.69 Å². The molecule has 0 spiro atoms. The van der Waals surface area contributed by atoms with Gasteiger partial charge in [0.15, 0.2) is 11.4 Å². The Morgan fingerprint density at radius 2 is 1.89 bits per heavy atom. The number of carbonyl (C=O) groups excluding carboxylic acids is 1. The van der Waals surface area contributed by atoms with Crippen LogP contribution in [0.15, 0.2) is 39.6 Å². The number of aromatic hydroxyl groups is 1. The van der Waals surface area contributed by atoms with Crippen molar-refractivity contribution in [2.24, 2.45) is 11.8 Å². The minimum absolute atomic E-state index is 0.172. The Labute approximate surface area is 169 Å². The van der Waals surface area contributed by atoms with Gasteiger partial charge < -0.3 is 15.5 Å². The Morgan fingerprint density at radius 3 is 2.57 bits per heavy atom. The quantitative estimate of drug-likeness (QED) is 0.643. The molecule has 1 saturated carbocycles. The maximum absolute atomic E-state index is 12.5. The molecule has 1 amide bonds. The molecule has 1 aromatic heterocycles. The lowest BCUT2D eigenvalue weighted by Gasteiger charge is -2.28. The summed E-state index contributed by atoms with van der Waals surface area (Å²) in [6.07, 6.45) is 3.09. The van der Waals surface area contributed by atoms with Crippen LogP contribution in [0.1, 0.15) is 36.2 Å². The molecule has 2 aromatic rings. The summed E-state index contributed by atoms with van der Waals surface area (Å²) in [5.41, 5.74) is -0.416. The van der Waals surface area contributed by atoms with Crippen molar-refractivity contribution in [1.29, 1.82) is 0 Å². The molecule has 0 aliphatic heterocycles. The predicted octanol–water partition coefficient (Wildman–Crippen LogP) is 2.32. The number of amides is 1. The zero-order valence-electron chi connectivity index (χ0n) is 15.0. The fourth-order valence-corrected chi connectivity index (χ4v) is 3.72. The number of nitrogens with one attached hydrogen (secondary N) is 1. The van der Waals surface area contributed by atoms with Crippen molar-refractivity contribution in [2.45, 2.75) is 25.7 Å². The molecular weight excluding hydrogens is 430 g/mol.